The molecule has 0 saturated heterocycles. The first kappa shape index (κ1) is 13.0. The van der Waals surface area contributed by atoms with Gasteiger partial charge in [0.25, 0.3) is 0 Å². The molecule has 17 heavy (non-hydrogen) atoms. The number of hydrogen-bond acceptors (Lipinski definition) is 2. The summed E-state index contributed by atoms with van der Waals surface area (Å²) in [4.78, 5) is 21.8. The summed E-state index contributed by atoms with van der Waals surface area (Å²) in [5.41, 5.74) is 1.12. The molecular weight excluding hydrogens is 220 g/mol. The summed E-state index contributed by atoms with van der Waals surface area (Å²) in [7, 11) is 0. The van der Waals surface area contributed by atoms with E-state index in [0.717, 1.165) is 12.0 Å². The molecule has 0 radical (unpaired) electrons. The largest absolute Gasteiger partial charge is 0.480 e. The minimum atomic E-state index is -1.05. The third-order valence-corrected chi connectivity index (χ3v) is 2.26. The van der Waals surface area contributed by atoms with E-state index >= 15 is 0 Å². The molecule has 0 unspecified atom stereocenters. The van der Waals surface area contributed by atoms with E-state index in [4.69, 9.17) is 5.11 Å². The monoisotopic (exact) mass is 236 g/mol. The predicted molar refractivity (Wildman–Crippen MR) is 63.8 cm³/mol. The average molecular weight is 236 g/mol. The highest BCUT2D eigenvalue weighted by molar-refractivity contribution is 5.82. The molecule has 3 N–H and O–H groups in total. The first-order chi connectivity index (χ1) is 8.09. The zero-order valence-corrected chi connectivity index (χ0v) is 9.64. The predicted octanol–water partition coefficient (Wildman–Crippen LogP) is 1.00. The lowest BCUT2D eigenvalue weighted by Crippen LogP contribution is -2.44. The number of urea groups is 1. The Morgan fingerprint density at radius 2 is 1.94 bits per heavy atom. The smallest absolute Gasteiger partial charge is 0.325 e. The van der Waals surface area contributed by atoms with Crippen molar-refractivity contribution in [1.82, 2.24) is 10.6 Å². The maximum atomic E-state index is 11.3. The molecule has 0 aliphatic rings. The van der Waals surface area contributed by atoms with Gasteiger partial charge in [0.15, 0.2) is 0 Å². The SMILES string of the molecule is C[C@@H](NC(=O)NCCc1ccccc1)C(=O)O. The molecule has 0 bridgehead atoms. The van der Waals surface area contributed by atoms with E-state index in [1.807, 2.05) is 30.3 Å². The van der Waals surface area contributed by atoms with Crippen molar-refractivity contribution in [3.63, 3.8) is 0 Å². The lowest BCUT2D eigenvalue weighted by atomic mass is 10.1. The Labute approximate surface area is 99.8 Å². The van der Waals surface area contributed by atoms with Crippen LogP contribution in [0.2, 0.25) is 0 Å². The molecule has 92 valence electrons. The molecule has 1 rings (SSSR count). The van der Waals surface area contributed by atoms with Gasteiger partial charge < -0.3 is 15.7 Å². The molecule has 0 heterocycles. The van der Waals surface area contributed by atoms with E-state index in [1.54, 1.807) is 0 Å². The Morgan fingerprint density at radius 3 is 2.53 bits per heavy atom. The van der Waals surface area contributed by atoms with E-state index in [0.29, 0.717) is 6.54 Å². The number of carbonyl (C=O) groups excluding carboxylic acids is 1. The fourth-order valence-electron chi connectivity index (χ4n) is 1.27. The van der Waals surface area contributed by atoms with Gasteiger partial charge in [-0.25, -0.2) is 4.79 Å². The van der Waals surface area contributed by atoms with Gasteiger partial charge in [-0.05, 0) is 18.9 Å². The van der Waals surface area contributed by atoms with Crippen LogP contribution in [-0.2, 0) is 11.2 Å². The van der Waals surface area contributed by atoms with Gasteiger partial charge >= 0.3 is 12.0 Å². The van der Waals surface area contributed by atoms with Crippen molar-refractivity contribution in [3.05, 3.63) is 35.9 Å². The third-order valence-electron chi connectivity index (χ3n) is 2.26. The third kappa shape index (κ3) is 5.01. The van der Waals surface area contributed by atoms with Crippen molar-refractivity contribution in [3.8, 4) is 0 Å². The van der Waals surface area contributed by atoms with Crippen LogP contribution in [0.1, 0.15) is 12.5 Å². The number of amides is 2. The fraction of sp³-hybridized carbons (Fsp3) is 0.333. The minimum Gasteiger partial charge on any atom is -0.480 e. The van der Waals surface area contributed by atoms with Crippen molar-refractivity contribution in [2.75, 3.05) is 6.54 Å². The summed E-state index contributed by atoms with van der Waals surface area (Å²) in [6, 6.07) is 8.39. The quantitative estimate of drug-likeness (QED) is 0.713. The molecule has 1 aromatic rings. The second-order valence-electron chi connectivity index (χ2n) is 3.70. The molecule has 2 amide bonds. The van der Waals surface area contributed by atoms with Crippen LogP contribution in [0, 0.1) is 0 Å². The number of carbonyl (C=O) groups is 2. The summed E-state index contributed by atoms with van der Waals surface area (Å²) < 4.78 is 0. The first-order valence-corrected chi connectivity index (χ1v) is 5.40. The number of hydrogen-bond donors (Lipinski definition) is 3. The van der Waals surface area contributed by atoms with Crippen LogP contribution in [0.25, 0.3) is 0 Å². The maximum absolute atomic E-state index is 11.3. The van der Waals surface area contributed by atoms with Crippen molar-refractivity contribution in [1.29, 1.82) is 0 Å². The van der Waals surface area contributed by atoms with Crippen LogP contribution >= 0.6 is 0 Å². The summed E-state index contributed by atoms with van der Waals surface area (Å²) in [6.45, 7) is 1.89. The van der Waals surface area contributed by atoms with Gasteiger partial charge in [-0.3, -0.25) is 4.79 Å². The molecule has 5 heteroatoms. The van der Waals surface area contributed by atoms with E-state index < -0.39 is 18.0 Å². The Hall–Kier alpha value is -2.04. The van der Waals surface area contributed by atoms with Crippen molar-refractivity contribution >= 4 is 12.0 Å². The zero-order valence-electron chi connectivity index (χ0n) is 9.64. The molecular formula is C12H16N2O3. The highest BCUT2D eigenvalue weighted by atomic mass is 16.4. The standard InChI is InChI=1S/C12H16N2O3/c1-9(11(15)16)14-12(17)13-8-7-10-5-3-2-4-6-10/h2-6,9H,7-8H2,1H3,(H,15,16)(H2,13,14,17)/t9-/m1/s1. The van der Waals surface area contributed by atoms with E-state index in [2.05, 4.69) is 10.6 Å². The van der Waals surface area contributed by atoms with Crippen LogP contribution in [-0.4, -0.2) is 29.7 Å². The molecule has 5 nitrogen and oxygen atoms in total. The molecule has 0 saturated carbocycles. The van der Waals surface area contributed by atoms with Crippen LogP contribution in [0.3, 0.4) is 0 Å². The van der Waals surface area contributed by atoms with Crippen molar-refractivity contribution in [2.45, 2.75) is 19.4 Å². The van der Waals surface area contributed by atoms with Crippen LogP contribution in [0.15, 0.2) is 30.3 Å². The van der Waals surface area contributed by atoms with Gasteiger partial charge in [0.1, 0.15) is 6.04 Å². The van der Waals surface area contributed by atoms with E-state index in [-0.39, 0.29) is 0 Å². The van der Waals surface area contributed by atoms with Crippen molar-refractivity contribution < 1.29 is 14.7 Å². The Balaban J connectivity index is 2.23. The topological polar surface area (TPSA) is 78.4 Å². The van der Waals surface area contributed by atoms with Gasteiger partial charge in [0, 0.05) is 6.54 Å². The highest BCUT2D eigenvalue weighted by Gasteiger charge is 2.12. The number of carboxylic acids is 1. The average Bonchev–Trinajstić information content (AvgIpc) is 2.30. The van der Waals surface area contributed by atoms with Crippen LogP contribution < -0.4 is 10.6 Å². The lowest BCUT2D eigenvalue weighted by molar-refractivity contribution is -0.138. The number of rotatable bonds is 5. The van der Waals surface area contributed by atoms with Gasteiger partial charge in [-0.1, -0.05) is 30.3 Å². The molecule has 0 aliphatic heterocycles. The fourth-order valence-corrected chi connectivity index (χ4v) is 1.27. The Bertz CT molecular complexity index is 379. The number of aliphatic carboxylic acids is 1. The van der Waals surface area contributed by atoms with Gasteiger partial charge in [-0.2, -0.15) is 0 Å². The number of nitrogens with one attached hydrogen (secondary N) is 2. The normalized spacial score (nSPS) is 11.6. The summed E-state index contributed by atoms with van der Waals surface area (Å²) >= 11 is 0. The summed E-state index contributed by atoms with van der Waals surface area (Å²) in [5.74, 6) is -1.05. The second-order valence-corrected chi connectivity index (χ2v) is 3.70. The summed E-state index contributed by atoms with van der Waals surface area (Å²) in [5, 5.41) is 13.5. The van der Waals surface area contributed by atoms with Gasteiger partial charge in [-0.15, -0.1) is 0 Å². The molecule has 0 aromatic heterocycles. The second kappa shape index (κ2) is 6.52. The number of benzene rings is 1. The first-order valence-electron chi connectivity index (χ1n) is 5.40. The van der Waals surface area contributed by atoms with Crippen molar-refractivity contribution in [2.24, 2.45) is 0 Å². The maximum Gasteiger partial charge on any atom is 0.325 e. The Kier molecular flexibility index (Phi) is 5.00. The van der Waals surface area contributed by atoms with E-state index in [1.165, 1.54) is 6.92 Å². The molecule has 0 fully saturated rings. The lowest BCUT2D eigenvalue weighted by Gasteiger charge is -2.10. The molecule has 1 atom stereocenters. The molecule has 0 aliphatic carbocycles. The highest BCUT2D eigenvalue weighted by Crippen LogP contribution is 1.97. The summed E-state index contributed by atoms with van der Waals surface area (Å²) in [6.07, 6.45) is 0.718. The van der Waals surface area contributed by atoms with Crippen LogP contribution in [0.4, 0.5) is 4.79 Å². The van der Waals surface area contributed by atoms with Gasteiger partial charge in [0.2, 0.25) is 0 Å². The molecule has 1 aromatic carbocycles. The van der Waals surface area contributed by atoms with E-state index in [9.17, 15) is 9.59 Å². The molecule has 0 spiro atoms. The van der Waals surface area contributed by atoms with Crippen LogP contribution in [0.5, 0.6) is 0 Å². The minimum absolute atomic E-state index is 0.462. The zero-order chi connectivity index (χ0) is 12.7. The van der Waals surface area contributed by atoms with Gasteiger partial charge in [0.05, 0.1) is 0 Å². The number of carboxylic acid groups (broad SMARTS) is 1. The Morgan fingerprint density at radius 1 is 1.29 bits per heavy atom.